The molecule has 3 heteroatoms. The van der Waals surface area contributed by atoms with Crippen molar-refractivity contribution in [3.8, 4) is 0 Å². The van der Waals surface area contributed by atoms with Gasteiger partial charge in [0.1, 0.15) is 0 Å². The number of nitrogens with zero attached hydrogens (tertiary/aromatic N) is 2. The summed E-state index contributed by atoms with van der Waals surface area (Å²) in [5.74, 6) is 0. The molecule has 1 heterocycles. The maximum atomic E-state index is 10.8. The number of carbonyl (C=O) groups is 1. The highest BCUT2D eigenvalue weighted by Gasteiger charge is 1.95. The molecule has 0 saturated carbocycles. The van der Waals surface area contributed by atoms with Crippen LogP contribution in [-0.4, -0.2) is 16.3 Å². The van der Waals surface area contributed by atoms with Gasteiger partial charge in [0.25, 0.3) is 0 Å². The number of benzene rings is 1. The Kier molecular flexibility index (Phi) is 3.18. The van der Waals surface area contributed by atoms with Gasteiger partial charge < -0.3 is 0 Å². The molecular weight excluding hydrogens is 200 g/mol. The number of aldehydes is 1. The lowest BCUT2D eigenvalue weighted by Gasteiger charge is -1.97. The van der Waals surface area contributed by atoms with Gasteiger partial charge in [-0.2, -0.15) is 0 Å². The van der Waals surface area contributed by atoms with Gasteiger partial charge >= 0.3 is 0 Å². The van der Waals surface area contributed by atoms with Gasteiger partial charge in [0.15, 0.2) is 6.29 Å². The van der Waals surface area contributed by atoms with E-state index in [-0.39, 0.29) is 0 Å². The summed E-state index contributed by atoms with van der Waals surface area (Å²) in [4.78, 5) is 18.8. The molecule has 0 unspecified atom stereocenters. The second-order valence-electron chi connectivity index (χ2n) is 3.21. The van der Waals surface area contributed by atoms with E-state index in [4.69, 9.17) is 0 Å². The summed E-state index contributed by atoms with van der Waals surface area (Å²) >= 11 is 0. The molecule has 2 aromatic rings. The summed E-state index contributed by atoms with van der Waals surface area (Å²) in [6.07, 6.45) is 9.45. The van der Waals surface area contributed by atoms with E-state index in [2.05, 4.69) is 9.97 Å². The third-order valence-electron chi connectivity index (χ3n) is 2.14. The van der Waals surface area contributed by atoms with E-state index in [9.17, 15) is 4.79 Å². The van der Waals surface area contributed by atoms with Gasteiger partial charge in [0.05, 0.1) is 11.9 Å². The molecule has 2 rings (SSSR count). The molecule has 0 radical (unpaired) electrons. The van der Waals surface area contributed by atoms with Crippen molar-refractivity contribution in [1.82, 2.24) is 9.97 Å². The first-order chi connectivity index (χ1) is 7.90. The summed E-state index contributed by atoms with van der Waals surface area (Å²) in [5, 5.41) is 0. The fraction of sp³-hybridized carbons (Fsp3) is 0. The average Bonchev–Trinajstić information content (AvgIpc) is 2.38. The Bertz CT molecular complexity index is 506. The second kappa shape index (κ2) is 4.98. The van der Waals surface area contributed by atoms with Crippen molar-refractivity contribution < 1.29 is 4.79 Å². The SMILES string of the molecule is O=Cc1ccccc1/C=C/c1cnccn1. The van der Waals surface area contributed by atoms with Crippen LogP contribution >= 0.6 is 0 Å². The van der Waals surface area contributed by atoms with Gasteiger partial charge in [-0.3, -0.25) is 14.8 Å². The Hall–Kier alpha value is -2.29. The maximum Gasteiger partial charge on any atom is 0.150 e. The van der Waals surface area contributed by atoms with Gasteiger partial charge in [-0.1, -0.05) is 30.3 Å². The molecule has 16 heavy (non-hydrogen) atoms. The average molecular weight is 210 g/mol. The van der Waals surface area contributed by atoms with Crippen LogP contribution in [0.5, 0.6) is 0 Å². The Morgan fingerprint density at radius 1 is 1.00 bits per heavy atom. The topological polar surface area (TPSA) is 42.9 Å². The summed E-state index contributed by atoms with van der Waals surface area (Å²) in [5.41, 5.74) is 2.31. The van der Waals surface area contributed by atoms with E-state index in [1.807, 2.05) is 30.4 Å². The molecule has 0 aliphatic rings. The van der Waals surface area contributed by atoms with Crippen LogP contribution in [0.25, 0.3) is 12.2 Å². The molecule has 3 nitrogen and oxygen atoms in total. The van der Waals surface area contributed by atoms with Crippen LogP contribution in [0.3, 0.4) is 0 Å². The van der Waals surface area contributed by atoms with Crippen molar-refractivity contribution >= 4 is 18.4 Å². The Balaban J connectivity index is 2.27. The first-order valence-corrected chi connectivity index (χ1v) is 4.88. The Morgan fingerprint density at radius 2 is 1.81 bits per heavy atom. The van der Waals surface area contributed by atoms with Crippen LogP contribution < -0.4 is 0 Å². The predicted octanol–water partition coefficient (Wildman–Crippen LogP) is 2.46. The van der Waals surface area contributed by atoms with E-state index in [0.717, 1.165) is 17.5 Å². The van der Waals surface area contributed by atoms with E-state index >= 15 is 0 Å². The molecule has 0 spiro atoms. The minimum Gasteiger partial charge on any atom is -0.298 e. The molecule has 0 aliphatic heterocycles. The predicted molar refractivity (Wildman–Crippen MR) is 62.8 cm³/mol. The smallest absolute Gasteiger partial charge is 0.150 e. The molecule has 0 bridgehead atoms. The summed E-state index contributed by atoms with van der Waals surface area (Å²) in [6, 6.07) is 7.40. The maximum absolute atomic E-state index is 10.8. The van der Waals surface area contributed by atoms with Crippen LogP contribution in [0.15, 0.2) is 42.9 Å². The number of aromatic nitrogens is 2. The zero-order valence-electron chi connectivity index (χ0n) is 8.58. The van der Waals surface area contributed by atoms with Crippen LogP contribution in [0, 0.1) is 0 Å². The van der Waals surface area contributed by atoms with Gasteiger partial charge in [-0.15, -0.1) is 0 Å². The molecule has 0 aliphatic carbocycles. The van der Waals surface area contributed by atoms with E-state index < -0.39 is 0 Å². The molecule has 0 fully saturated rings. The standard InChI is InChI=1S/C13H10N2O/c16-10-12-4-2-1-3-11(12)5-6-13-9-14-7-8-15-13/h1-10H/b6-5+. The summed E-state index contributed by atoms with van der Waals surface area (Å²) in [7, 11) is 0. The first-order valence-electron chi connectivity index (χ1n) is 4.88. The number of hydrogen-bond acceptors (Lipinski definition) is 3. The Morgan fingerprint density at radius 3 is 2.50 bits per heavy atom. The van der Waals surface area contributed by atoms with Gasteiger partial charge in [0.2, 0.25) is 0 Å². The quantitative estimate of drug-likeness (QED) is 0.731. The summed E-state index contributed by atoms with van der Waals surface area (Å²) in [6.45, 7) is 0. The van der Waals surface area contributed by atoms with E-state index in [1.165, 1.54) is 0 Å². The molecule has 1 aromatic heterocycles. The number of carbonyl (C=O) groups excluding carboxylic acids is 1. The van der Waals surface area contributed by atoms with Crippen LogP contribution in [-0.2, 0) is 0 Å². The van der Waals surface area contributed by atoms with Gasteiger partial charge in [-0.05, 0) is 11.6 Å². The van der Waals surface area contributed by atoms with E-state index in [1.54, 1.807) is 24.7 Å². The largest absolute Gasteiger partial charge is 0.298 e. The zero-order valence-corrected chi connectivity index (χ0v) is 8.58. The van der Waals surface area contributed by atoms with E-state index in [0.29, 0.717) is 5.56 Å². The molecule has 0 saturated heterocycles. The lowest BCUT2D eigenvalue weighted by Crippen LogP contribution is -1.85. The fourth-order valence-corrected chi connectivity index (χ4v) is 1.34. The second-order valence-corrected chi connectivity index (χ2v) is 3.21. The van der Waals surface area contributed by atoms with Crippen molar-refractivity contribution in [3.05, 3.63) is 59.7 Å². The minimum absolute atomic E-state index is 0.669. The van der Waals surface area contributed by atoms with Crippen molar-refractivity contribution in [2.75, 3.05) is 0 Å². The molecule has 0 N–H and O–H groups in total. The highest BCUT2D eigenvalue weighted by molar-refractivity contribution is 5.84. The first kappa shape index (κ1) is 10.2. The Labute approximate surface area is 93.5 Å². The van der Waals surface area contributed by atoms with Crippen molar-refractivity contribution in [2.45, 2.75) is 0 Å². The third-order valence-corrected chi connectivity index (χ3v) is 2.14. The molecule has 0 amide bonds. The summed E-state index contributed by atoms with van der Waals surface area (Å²) < 4.78 is 0. The normalized spacial score (nSPS) is 10.5. The third kappa shape index (κ3) is 2.39. The minimum atomic E-state index is 0.669. The van der Waals surface area contributed by atoms with Crippen molar-refractivity contribution in [2.24, 2.45) is 0 Å². The highest BCUT2D eigenvalue weighted by atomic mass is 16.1. The molecule has 1 aromatic carbocycles. The monoisotopic (exact) mass is 210 g/mol. The number of hydrogen-bond donors (Lipinski definition) is 0. The molecule has 78 valence electrons. The highest BCUT2D eigenvalue weighted by Crippen LogP contribution is 2.10. The van der Waals surface area contributed by atoms with Crippen LogP contribution in [0.4, 0.5) is 0 Å². The van der Waals surface area contributed by atoms with Crippen molar-refractivity contribution in [1.29, 1.82) is 0 Å². The lowest BCUT2D eigenvalue weighted by molar-refractivity contribution is 0.112. The van der Waals surface area contributed by atoms with Crippen LogP contribution in [0.1, 0.15) is 21.6 Å². The lowest BCUT2D eigenvalue weighted by atomic mass is 10.1. The van der Waals surface area contributed by atoms with Gasteiger partial charge in [0, 0.05) is 18.0 Å². The number of rotatable bonds is 3. The zero-order chi connectivity index (χ0) is 11.2. The van der Waals surface area contributed by atoms with Crippen molar-refractivity contribution in [3.63, 3.8) is 0 Å². The van der Waals surface area contributed by atoms with Gasteiger partial charge in [-0.25, -0.2) is 0 Å². The fourth-order valence-electron chi connectivity index (χ4n) is 1.34. The molecular formula is C13H10N2O. The molecule has 0 atom stereocenters. The van der Waals surface area contributed by atoms with Crippen LogP contribution in [0.2, 0.25) is 0 Å².